The third kappa shape index (κ3) is 6.49. The molecule has 0 aliphatic carbocycles. The summed E-state index contributed by atoms with van der Waals surface area (Å²) in [4.78, 5) is 24.2. The van der Waals surface area contributed by atoms with Gasteiger partial charge in [0.1, 0.15) is 12.4 Å². The van der Waals surface area contributed by atoms with Crippen molar-refractivity contribution in [2.45, 2.75) is 32.3 Å². The number of carbonyl (C=O) groups excluding carboxylic acids is 2. The highest BCUT2D eigenvalue weighted by molar-refractivity contribution is 5.96. The first kappa shape index (κ1) is 21.6. The Labute approximate surface area is 177 Å². The van der Waals surface area contributed by atoms with Crippen LogP contribution in [-0.4, -0.2) is 44.2 Å². The maximum atomic E-state index is 12.3. The van der Waals surface area contributed by atoms with Gasteiger partial charge in [0.05, 0.1) is 18.3 Å². The lowest BCUT2D eigenvalue weighted by Crippen LogP contribution is -2.24. The van der Waals surface area contributed by atoms with Crippen molar-refractivity contribution >= 4 is 23.2 Å². The highest BCUT2D eigenvalue weighted by atomic mass is 16.5. The molecule has 1 atom stereocenters. The van der Waals surface area contributed by atoms with E-state index in [0.717, 1.165) is 31.6 Å². The summed E-state index contributed by atoms with van der Waals surface area (Å²) in [5.41, 5.74) is 1.96. The second-order valence-corrected chi connectivity index (χ2v) is 7.18. The van der Waals surface area contributed by atoms with E-state index in [2.05, 4.69) is 16.0 Å². The molecule has 1 aliphatic rings. The number of benzene rings is 2. The standard InChI is InChI=1S/C23H29N3O4/c1-2-13-24-23(28)17-9-11-18(12-10-17)26-22(27)15-25-20-7-3-4-8-21(20)30-16-19-6-5-14-29-19/h3-4,7-12,19,25H,2,5-6,13-16H2,1H3,(H,24,28)(H,26,27). The number of ether oxygens (including phenoxy) is 2. The van der Waals surface area contributed by atoms with E-state index in [-0.39, 0.29) is 24.5 Å². The molecule has 0 radical (unpaired) electrons. The minimum Gasteiger partial charge on any atom is -0.489 e. The summed E-state index contributed by atoms with van der Waals surface area (Å²) >= 11 is 0. The molecule has 2 amide bonds. The van der Waals surface area contributed by atoms with Gasteiger partial charge in [0.15, 0.2) is 0 Å². The van der Waals surface area contributed by atoms with Crippen LogP contribution in [-0.2, 0) is 9.53 Å². The zero-order valence-corrected chi connectivity index (χ0v) is 17.3. The SMILES string of the molecule is CCCNC(=O)c1ccc(NC(=O)CNc2ccccc2OCC2CCCO2)cc1. The molecule has 30 heavy (non-hydrogen) atoms. The van der Waals surface area contributed by atoms with Crippen molar-refractivity contribution in [1.29, 1.82) is 0 Å². The van der Waals surface area contributed by atoms with Crippen LogP contribution in [0.4, 0.5) is 11.4 Å². The number of hydrogen-bond acceptors (Lipinski definition) is 5. The fraction of sp³-hybridized carbons (Fsp3) is 0.391. The lowest BCUT2D eigenvalue weighted by Gasteiger charge is -2.15. The fourth-order valence-electron chi connectivity index (χ4n) is 3.12. The first-order valence-electron chi connectivity index (χ1n) is 10.4. The Hall–Kier alpha value is -3.06. The molecule has 7 heteroatoms. The van der Waals surface area contributed by atoms with Gasteiger partial charge in [-0.25, -0.2) is 0 Å². The monoisotopic (exact) mass is 411 g/mol. The van der Waals surface area contributed by atoms with Crippen molar-refractivity contribution in [2.75, 3.05) is 36.9 Å². The minimum atomic E-state index is -0.188. The average molecular weight is 412 g/mol. The summed E-state index contributed by atoms with van der Waals surface area (Å²) in [5.74, 6) is 0.395. The van der Waals surface area contributed by atoms with Gasteiger partial charge in [-0.3, -0.25) is 9.59 Å². The Morgan fingerprint density at radius 1 is 1.13 bits per heavy atom. The fourth-order valence-corrected chi connectivity index (χ4v) is 3.12. The smallest absolute Gasteiger partial charge is 0.251 e. The van der Waals surface area contributed by atoms with E-state index in [1.54, 1.807) is 24.3 Å². The van der Waals surface area contributed by atoms with Gasteiger partial charge in [-0.2, -0.15) is 0 Å². The lowest BCUT2D eigenvalue weighted by molar-refractivity contribution is -0.114. The summed E-state index contributed by atoms with van der Waals surface area (Å²) in [5, 5.41) is 8.77. The molecule has 3 rings (SSSR count). The maximum absolute atomic E-state index is 12.3. The molecular weight excluding hydrogens is 382 g/mol. The summed E-state index contributed by atoms with van der Waals surface area (Å²) in [6.45, 7) is 4.03. The molecule has 1 saturated heterocycles. The van der Waals surface area contributed by atoms with Gasteiger partial charge in [0.2, 0.25) is 5.91 Å². The maximum Gasteiger partial charge on any atom is 0.251 e. The van der Waals surface area contributed by atoms with E-state index in [1.807, 2.05) is 31.2 Å². The van der Waals surface area contributed by atoms with Crippen LogP contribution in [0.1, 0.15) is 36.5 Å². The van der Waals surface area contributed by atoms with Gasteiger partial charge in [0.25, 0.3) is 5.91 Å². The van der Waals surface area contributed by atoms with Gasteiger partial charge in [-0.1, -0.05) is 19.1 Å². The Balaban J connectivity index is 1.48. The average Bonchev–Trinajstić information content (AvgIpc) is 3.29. The zero-order valence-electron chi connectivity index (χ0n) is 17.3. The van der Waals surface area contributed by atoms with Gasteiger partial charge in [-0.05, 0) is 55.7 Å². The first-order valence-corrected chi connectivity index (χ1v) is 10.4. The molecule has 3 N–H and O–H groups in total. The largest absolute Gasteiger partial charge is 0.489 e. The number of hydrogen-bond donors (Lipinski definition) is 3. The summed E-state index contributed by atoms with van der Waals surface area (Å²) in [6.07, 6.45) is 3.10. The predicted molar refractivity (Wildman–Crippen MR) is 117 cm³/mol. The molecule has 2 aromatic carbocycles. The van der Waals surface area contributed by atoms with Gasteiger partial charge < -0.3 is 25.4 Å². The molecule has 0 bridgehead atoms. The summed E-state index contributed by atoms with van der Waals surface area (Å²) < 4.78 is 11.5. The Kier molecular flexibility index (Phi) is 8.09. The van der Waals surface area contributed by atoms with Crippen LogP contribution < -0.4 is 20.7 Å². The van der Waals surface area contributed by atoms with Crippen molar-refractivity contribution in [3.8, 4) is 5.75 Å². The van der Waals surface area contributed by atoms with E-state index >= 15 is 0 Å². The number of rotatable bonds is 10. The molecule has 1 unspecified atom stereocenters. The molecular formula is C23H29N3O4. The second-order valence-electron chi connectivity index (χ2n) is 7.18. The van der Waals surface area contributed by atoms with Crippen LogP contribution in [0.2, 0.25) is 0 Å². The van der Waals surface area contributed by atoms with Gasteiger partial charge >= 0.3 is 0 Å². The topological polar surface area (TPSA) is 88.7 Å². The normalized spacial score (nSPS) is 15.4. The van der Waals surface area contributed by atoms with Crippen LogP contribution >= 0.6 is 0 Å². The van der Waals surface area contributed by atoms with Gasteiger partial charge in [-0.15, -0.1) is 0 Å². The quantitative estimate of drug-likeness (QED) is 0.557. The molecule has 2 aromatic rings. The Morgan fingerprint density at radius 2 is 1.93 bits per heavy atom. The van der Waals surface area contributed by atoms with Crippen LogP contribution in [0.25, 0.3) is 0 Å². The summed E-state index contributed by atoms with van der Waals surface area (Å²) in [6, 6.07) is 14.4. The molecule has 160 valence electrons. The molecule has 1 fully saturated rings. The van der Waals surface area contributed by atoms with Crippen LogP contribution in [0.15, 0.2) is 48.5 Å². The van der Waals surface area contributed by atoms with Crippen LogP contribution in [0.5, 0.6) is 5.75 Å². The van der Waals surface area contributed by atoms with E-state index in [0.29, 0.717) is 30.2 Å². The van der Waals surface area contributed by atoms with Crippen molar-refractivity contribution < 1.29 is 19.1 Å². The van der Waals surface area contributed by atoms with E-state index < -0.39 is 0 Å². The highest BCUT2D eigenvalue weighted by Crippen LogP contribution is 2.25. The molecule has 0 spiro atoms. The second kappa shape index (κ2) is 11.2. The summed E-state index contributed by atoms with van der Waals surface area (Å²) in [7, 11) is 0. The van der Waals surface area contributed by atoms with Crippen LogP contribution in [0.3, 0.4) is 0 Å². The van der Waals surface area contributed by atoms with E-state index in [1.165, 1.54) is 0 Å². The number of amides is 2. The number of anilines is 2. The molecule has 0 aromatic heterocycles. The minimum absolute atomic E-state index is 0.0963. The first-order chi connectivity index (χ1) is 14.7. The third-order valence-corrected chi connectivity index (χ3v) is 4.74. The lowest BCUT2D eigenvalue weighted by atomic mass is 10.2. The van der Waals surface area contributed by atoms with Crippen molar-refractivity contribution in [1.82, 2.24) is 5.32 Å². The zero-order chi connectivity index (χ0) is 21.2. The number of carbonyl (C=O) groups is 2. The van der Waals surface area contributed by atoms with E-state index in [9.17, 15) is 9.59 Å². The number of nitrogens with one attached hydrogen (secondary N) is 3. The molecule has 1 heterocycles. The predicted octanol–water partition coefficient (Wildman–Crippen LogP) is 3.43. The Morgan fingerprint density at radius 3 is 2.67 bits per heavy atom. The Bertz CT molecular complexity index is 833. The molecule has 0 saturated carbocycles. The van der Waals surface area contributed by atoms with Crippen LogP contribution in [0, 0.1) is 0 Å². The van der Waals surface area contributed by atoms with Crippen molar-refractivity contribution in [3.63, 3.8) is 0 Å². The highest BCUT2D eigenvalue weighted by Gasteiger charge is 2.17. The van der Waals surface area contributed by atoms with Crippen molar-refractivity contribution in [2.24, 2.45) is 0 Å². The van der Waals surface area contributed by atoms with Crippen molar-refractivity contribution in [3.05, 3.63) is 54.1 Å². The number of para-hydroxylation sites is 2. The van der Waals surface area contributed by atoms with E-state index in [4.69, 9.17) is 9.47 Å². The van der Waals surface area contributed by atoms with Gasteiger partial charge in [0, 0.05) is 24.4 Å². The molecule has 1 aliphatic heterocycles. The molecule has 7 nitrogen and oxygen atoms in total. The third-order valence-electron chi connectivity index (χ3n) is 4.74.